The van der Waals surface area contributed by atoms with E-state index in [0.717, 1.165) is 34.9 Å². The fourth-order valence-electron chi connectivity index (χ4n) is 2.69. The highest BCUT2D eigenvalue weighted by molar-refractivity contribution is 5.56. The normalized spacial score (nSPS) is 10.9. The summed E-state index contributed by atoms with van der Waals surface area (Å²) in [5, 5.41) is 0. The maximum Gasteiger partial charge on any atom is 0.176 e. The summed E-state index contributed by atoms with van der Waals surface area (Å²) >= 11 is 0. The first-order chi connectivity index (χ1) is 11.8. The van der Waals surface area contributed by atoms with Crippen LogP contribution in [0.25, 0.3) is 22.9 Å². The van der Waals surface area contributed by atoms with Crippen molar-refractivity contribution in [3.05, 3.63) is 78.0 Å². The van der Waals surface area contributed by atoms with Crippen LogP contribution in [-0.2, 0) is 6.42 Å². The third kappa shape index (κ3) is 2.96. The predicted molar refractivity (Wildman–Crippen MR) is 93.4 cm³/mol. The Morgan fingerprint density at radius 2 is 1.88 bits per heavy atom. The molecule has 24 heavy (non-hydrogen) atoms. The first-order valence-electron chi connectivity index (χ1n) is 7.84. The molecule has 0 spiro atoms. The van der Waals surface area contributed by atoms with E-state index in [-0.39, 0.29) is 0 Å². The fraction of sp³-hybridized carbons (Fsp3) is 0.105. The summed E-state index contributed by atoms with van der Waals surface area (Å²) < 4.78 is 0. The number of aryl methyl sites for hydroxylation is 1. The number of hydrogen-bond donors (Lipinski definition) is 2. The van der Waals surface area contributed by atoms with Crippen LogP contribution in [0.4, 0.5) is 0 Å². The molecule has 0 fully saturated rings. The molecule has 118 valence electrons. The molecule has 0 aliphatic rings. The molecule has 4 heterocycles. The maximum atomic E-state index is 4.65. The van der Waals surface area contributed by atoms with Crippen LogP contribution < -0.4 is 0 Å². The van der Waals surface area contributed by atoms with Gasteiger partial charge in [0.15, 0.2) is 5.82 Å². The lowest BCUT2D eigenvalue weighted by Crippen LogP contribution is -1.97. The second-order valence-electron chi connectivity index (χ2n) is 5.74. The first-order valence-corrected chi connectivity index (χ1v) is 7.84. The van der Waals surface area contributed by atoms with E-state index in [2.05, 4.69) is 43.1 Å². The summed E-state index contributed by atoms with van der Waals surface area (Å²) in [6.45, 7) is 2.04. The van der Waals surface area contributed by atoms with Gasteiger partial charge in [-0.3, -0.25) is 4.98 Å². The van der Waals surface area contributed by atoms with E-state index in [0.29, 0.717) is 5.82 Å². The molecule has 0 bridgehead atoms. The summed E-state index contributed by atoms with van der Waals surface area (Å²) in [5.74, 6) is 0.715. The van der Waals surface area contributed by atoms with Gasteiger partial charge in [-0.1, -0.05) is 0 Å². The smallest absolute Gasteiger partial charge is 0.176 e. The molecular formula is C19H17N5. The molecule has 0 saturated heterocycles. The third-order valence-electron chi connectivity index (χ3n) is 3.87. The van der Waals surface area contributed by atoms with Crippen LogP contribution in [0, 0.1) is 6.92 Å². The van der Waals surface area contributed by atoms with E-state index < -0.39 is 0 Å². The fourth-order valence-corrected chi connectivity index (χ4v) is 2.69. The van der Waals surface area contributed by atoms with Gasteiger partial charge in [-0.15, -0.1) is 0 Å². The van der Waals surface area contributed by atoms with Gasteiger partial charge in [-0.05, 0) is 55.0 Å². The molecule has 0 amide bonds. The molecule has 0 atom stereocenters. The van der Waals surface area contributed by atoms with Gasteiger partial charge in [0.25, 0.3) is 0 Å². The van der Waals surface area contributed by atoms with E-state index >= 15 is 0 Å². The van der Waals surface area contributed by atoms with Crippen molar-refractivity contribution in [2.45, 2.75) is 13.3 Å². The molecule has 4 aromatic rings. The number of aromatic amines is 2. The number of rotatable bonds is 4. The van der Waals surface area contributed by atoms with E-state index in [1.807, 2.05) is 43.6 Å². The van der Waals surface area contributed by atoms with Gasteiger partial charge >= 0.3 is 0 Å². The quantitative estimate of drug-likeness (QED) is 0.602. The second-order valence-corrected chi connectivity index (χ2v) is 5.74. The Kier molecular flexibility index (Phi) is 3.67. The molecule has 5 nitrogen and oxygen atoms in total. The van der Waals surface area contributed by atoms with E-state index in [4.69, 9.17) is 0 Å². The Bertz CT molecular complexity index is 953. The topological polar surface area (TPSA) is 70.2 Å². The van der Waals surface area contributed by atoms with Crippen LogP contribution in [0.1, 0.15) is 17.0 Å². The second kappa shape index (κ2) is 6.12. The number of hydrogen-bond acceptors (Lipinski definition) is 3. The summed E-state index contributed by atoms with van der Waals surface area (Å²) in [6.07, 6.45) is 6.26. The molecule has 0 aromatic carbocycles. The number of nitrogens with zero attached hydrogens (tertiary/aromatic N) is 3. The highest BCUT2D eigenvalue weighted by atomic mass is 14.9. The summed E-state index contributed by atoms with van der Waals surface area (Å²) in [7, 11) is 0. The van der Waals surface area contributed by atoms with Gasteiger partial charge in [0, 0.05) is 36.4 Å². The standard InChI is InChI=1S/C19H17N5/c1-13-4-5-16(23-13)18-12-14(6-9-21-18)11-15-7-10-22-19(24-15)17-3-2-8-20-17/h2-10,12,20,23H,11H2,1H3. The molecule has 4 rings (SSSR count). The maximum absolute atomic E-state index is 4.65. The number of aromatic nitrogens is 5. The highest BCUT2D eigenvalue weighted by Gasteiger charge is 2.06. The first kappa shape index (κ1) is 14.4. The van der Waals surface area contributed by atoms with Gasteiger partial charge < -0.3 is 9.97 Å². The largest absolute Gasteiger partial charge is 0.359 e. The average Bonchev–Trinajstić information content (AvgIpc) is 3.27. The van der Waals surface area contributed by atoms with Crippen LogP contribution in [0.15, 0.2) is 61.1 Å². The highest BCUT2D eigenvalue weighted by Crippen LogP contribution is 2.19. The molecule has 4 aromatic heterocycles. The molecule has 5 heteroatoms. The summed E-state index contributed by atoms with van der Waals surface area (Å²) in [5.41, 5.74) is 6.18. The molecule has 0 saturated carbocycles. The van der Waals surface area contributed by atoms with Crippen LogP contribution >= 0.6 is 0 Å². The predicted octanol–water partition coefficient (Wildman–Crippen LogP) is 3.76. The van der Waals surface area contributed by atoms with Crippen molar-refractivity contribution in [1.82, 2.24) is 24.9 Å². The van der Waals surface area contributed by atoms with E-state index in [1.54, 1.807) is 6.20 Å². The number of nitrogens with one attached hydrogen (secondary N) is 2. The monoisotopic (exact) mass is 315 g/mol. The SMILES string of the molecule is Cc1ccc(-c2cc(Cc3ccnc(-c4ccc[nH]4)n3)ccn2)[nH]1. The van der Waals surface area contributed by atoms with Gasteiger partial charge in [0.2, 0.25) is 0 Å². The van der Waals surface area contributed by atoms with Crippen LogP contribution in [-0.4, -0.2) is 24.9 Å². The molecule has 0 aliphatic heterocycles. The van der Waals surface area contributed by atoms with Crippen LogP contribution in [0.2, 0.25) is 0 Å². The Morgan fingerprint density at radius 1 is 0.958 bits per heavy atom. The lowest BCUT2D eigenvalue weighted by molar-refractivity contribution is 1.02. The third-order valence-corrected chi connectivity index (χ3v) is 3.87. The Morgan fingerprint density at radius 3 is 2.67 bits per heavy atom. The molecule has 0 aliphatic carbocycles. The Balaban J connectivity index is 1.61. The van der Waals surface area contributed by atoms with E-state index in [1.165, 1.54) is 5.56 Å². The zero-order valence-electron chi connectivity index (χ0n) is 13.3. The van der Waals surface area contributed by atoms with Crippen molar-refractivity contribution >= 4 is 0 Å². The molecule has 2 N–H and O–H groups in total. The zero-order chi connectivity index (χ0) is 16.4. The Hall–Kier alpha value is -3.21. The molecular weight excluding hydrogens is 298 g/mol. The Labute approximate surface area is 139 Å². The summed E-state index contributed by atoms with van der Waals surface area (Å²) in [4.78, 5) is 19.9. The van der Waals surface area contributed by atoms with Gasteiger partial charge in [0.05, 0.1) is 17.1 Å². The van der Waals surface area contributed by atoms with Crippen molar-refractivity contribution in [2.24, 2.45) is 0 Å². The minimum absolute atomic E-state index is 0.715. The minimum Gasteiger partial charge on any atom is -0.359 e. The van der Waals surface area contributed by atoms with Gasteiger partial charge in [-0.2, -0.15) is 0 Å². The average molecular weight is 315 g/mol. The van der Waals surface area contributed by atoms with Crippen molar-refractivity contribution in [1.29, 1.82) is 0 Å². The lowest BCUT2D eigenvalue weighted by Gasteiger charge is -2.05. The van der Waals surface area contributed by atoms with Crippen molar-refractivity contribution in [3.63, 3.8) is 0 Å². The minimum atomic E-state index is 0.715. The van der Waals surface area contributed by atoms with Crippen LogP contribution in [0.3, 0.4) is 0 Å². The van der Waals surface area contributed by atoms with Crippen molar-refractivity contribution in [2.75, 3.05) is 0 Å². The van der Waals surface area contributed by atoms with Gasteiger partial charge in [-0.25, -0.2) is 9.97 Å². The molecule has 0 unspecified atom stereocenters. The lowest BCUT2D eigenvalue weighted by atomic mass is 10.1. The van der Waals surface area contributed by atoms with Crippen molar-refractivity contribution in [3.8, 4) is 22.9 Å². The van der Waals surface area contributed by atoms with E-state index in [9.17, 15) is 0 Å². The zero-order valence-corrected chi connectivity index (χ0v) is 13.3. The van der Waals surface area contributed by atoms with Crippen LogP contribution in [0.5, 0.6) is 0 Å². The van der Waals surface area contributed by atoms with Gasteiger partial charge in [0.1, 0.15) is 0 Å². The summed E-state index contributed by atoms with van der Waals surface area (Å²) in [6, 6.07) is 14.1. The van der Waals surface area contributed by atoms with Crippen molar-refractivity contribution < 1.29 is 0 Å². The number of H-pyrrole nitrogens is 2. The number of pyridine rings is 1. The molecule has 0 radical (unpaired) electrons.